The summed E-state index contributed by atoms with van der Waals surface area (Å²) in [6.45, 7) is 2.22. The summed E-state index contributed by atoms with van der Waals surface area (Å²) in [7, 11) is 0. The van der Waals surface area contributed by atoms with Gasteiger partial charge in [-0.05, 0) is 6.92 Å². The summed E-state index contributed by atoms with van der Waals surface area (Å²) in [4.78, 5) is 0. The molecule has 0 heterocycles. The monoisotopic (exact) mass is 126 g/mol. The molecule has 0 bridgehead atoms. The lowest BCUT2D eigenvalue weighted by molar-refractivity contribution is 0.0249. The van der Waals surface area contributed by atoms with Crippen molar-refractivity contribution in [1.29, 1.82) is 0 Å². The van der Waals surface area contributed by atoms with E-state index in [0.717, 1.165) is 6.92 Å². The molecule has 44 valence electrons. The van der Waals surface area contributed by atoms with E-state index in [4.69, 9.17) is 0 Å². The van der Waals surface area contributed by atoms with Gasteiger partial charge in [0.1, 0.15) is 0 Å². The third kappa shape index (κ3) is 2.85. The Hall–Kier alpha value is 0.210. The number of alkyl halides is 2. The zero-order valence-electron chi connectivity index (χ0n) is 4.28. The first-order chi connectivity index (χ1) is 2.94. The molecule has 0 N–H and O–H groups in total. The average Bonchev–Trinajstić information content (AvgIpc) is 1.31. The second-order valence-corrected chi connectivity index (χ2v) is 2.41. The molecule has 0 aliphatic rings. The molecule has 3 heteroatoms. The quantitative estimate of drug-likeness (QED) is 0.510. The van der Waals surface area contributed by atoms with Gasteiger partial charge >= 0.3 is 0 Å². The van der Waals surface area contributed by atoms with Gasteiger partial charge in [0.25, 0.3) is 5.92 Å². The van der Waals surface area contributed by atoms with Crippen LogP contribution >= 0.6 is 12.6 Å². The minimum absolute atomic E-state index is 0.840. The van der Waals surface area contributed by atoms with Gasteiger partial charge in [0.2, 0.25) is 0 Å². The third-order valence-corrected chi connectivity index (χ3v) is 1.19. The highest BCUT2D eigenvalue weighted by atomic mass is 32.1. The van der Waals surface area contributed by atoms with Crippen LogP contribution < -0.4 is 0 Å². The average molecular weight is 126 g/mol. The molecule has 7 heavy (non-hydrogen) atoms. The summed E-state index contributed by atoms with van der Waals surface area (Å²) in [6, 6.07) is 0. The first-order valence-electron chi connectivity index (χ1n) is 2.00. The van der Waals surface area contributed by atoms with Gasteiger partial charge in [-0.3, -0.25) is 0 Å². The fourth-order valence-corrected chi connectivity index (χ4v) is 0. The molecule has 1 atom stereocenters. The maximum absolute atomic E-state index is 11.8. The van der Waals surface area contributed by atoms with E-state index in [2.05, 4.69) is 12.6 Å². The van der Waals surface area contributed by atoms with E-state index in [9.17, 15) is 8.78 Å². The molecule has 0 amide bonds. The molecule has 0 aromatic carbocycles. The van der Waals surface area contributed by atoms with Crippen molar-refractivity contribution >= 4 is 12.6 Å². The lowest BCUT2D eigenvalue weighted by atomic mass is 10.3. The molecule has 0 spiro atoms. The highest BCUT2D eigenvalue weighted by Crippen LogP contribution is 2.20. The van der Waals surface area contributed by atoms with Crippen LogP contribution in [0.1, 0.15) is 13.8 Å². The van der Waals surface area contributed by atoms with Gasteiger partial charge in [-0.15, -0.1) is 0 Å². The molecule has 0 aliphatic heterocycles. The molecule has 0 fully saturated rings. The zero-order valence-corrected chi connectivity index (χ0v) is 5.17. The predicted molar refractivity (Wildman–Crippen MR) is 29.1 cm³/mol. The van der Waals surface area contributed by atoms with Crippen molar-refractivity contribution in [2.75, 3.05) is 0 Å². The van der Waals surface area contributed by atoms with E-state index in [-0.39, 0.29) is 0 Å². The Balaban J connectivity index is 3.54. The number of rotatable bonds is 1. The Morgan fingerprint density at radius 3 is 1.71 bits per heavy atom. The van der Waals surface area contributed by atoms with Crippen molar-refractivity contribution in [1.82, 2.24) is 0 Å². The minimum atomic E-state index is -2.64. The van der Waals surface area contributed by atoms with Gasteiger partial charge in [-0.1, -0.05) is 0 Å². The normalized spacial score (nSPS) is 16.7. The third-order valence-electron chi connectivity index (χ3n) is 0.734. The molecule has 0 aromatic rings. The largest absolute Gasteiger partial charge is 0.256 e. The summed E-state index contributed by atoms with van der Waals surface area (Å²) >= 11 is 3.53. The van der Waals surface area contributed by atoms with Gasteiger partial charge < -0.3 is 0 Å². The number of hydrogen-bond acceptors (Lipinski definition) is 1. The van der Waals surface area contributed by atoms with Crippen molar-refractivity contribution in [3.63, 3.8) is 0 Å². The van der Waals surface area contributed by atoms with Crippen LogP contribution in [0.15, 0.2) is 0 Å². The van der Waals surface area contributed by atoms with Gasteiger partial charge in [0, 0.05) is 6.92 Å². The van der Waals surface area contributed by atoms with Gasteiger partial charge in [-0.2, -0.15) is 12.6 Å². The van der Waals surface area contributed by atoms with Crippen molar-refractivity contribution in [3.05, 3.63) is 0 Å². The van der Waals surface area contributed by atoms with Crippen molar-refractivity contribution < 1.29 is 8.78 Å². The van der Waals surface area contributed by atoms with Gasteiger partial charge in [0.05, 0.1) is 5.25 Å². The molecule has 0 saturated carbocycles. The van der Waals surface area contributed by atoms with E-state index >= 15 is 0 Å². The Morgan fingerprint density at radius 1 is 1.57 bits per heavy atom. The Labute approximate surface area is 47.3 Å². The summed E-state index contributed by atoms with van der Waals surface area (Å²) in [6.07, 6.45) is 0. The highest BCUT2D eigenvalue weighted by molar-refractivity contribution is 7.81. The van der Waals surface area contributed by atoms with E-state index in [0.29, 0.717) is 0 Å². The van der Waals surface area contributed by atoms with Gasteiger partial charge in [-0.25, -0.2) is 8.78 Å². The second kappa shape index (κ2) is 1.99. The van der Waals surface area contributed by atoms with E-state index in [1.807, 2.05) is 0 Å². The summed E-state index contributed by atoms with van der Waals surface area (Å²) in [5.41, 5.74) is 0. The lowest BCUT2D eigenvalue weighted by Gasteiger charge is -2.11. The van der Waals surface area contributed by atoms with Crippen LogP contribution in [0, 0.1) is 0 Å². The zero-order chi connectivity index (χ0) is 6.08. The molecule has 0 aliphatic carbocycles. The van der Waals surface area contributed by atoms with Crippen molar-refractivity contribution in [2.24, 2.45) is 0 Å². The fourth-order valence-electron chi connectivity index (χ4n) is 0. The summed E-state index contributed by atoms with van der Waals surface area (Å²) in [5.74, 6) is -2.64. The van der Waals surface area contributed by atoms with E-state index in [1.54, 1.807) is 0 Å². The lowest BCUT2D eigenvalue weighted by Crippen LogP contribution is -2.21. The molecular weight excluding hydrogens is 118 g/mol. The number of thiol groups is 1. The van der Waals surface area contributed by atoms with Crippen LogP contribution in [-0.2, 0) is 0 Å². The standard InChI is InChI=1S/C4H8F2S/c1-3(7)4(2,5)6/h3,7H,1-2H3. The van der Waals surface area contributed by atoms with Crippen molar-refractivity contribution in [3.8, 4) is 0 Å². The highest BCUT2D eigenvalue weighted by Gasteiger charge is 2.26. The molecule has 0 nitrogen and oxygen atoms in total. The minimum Gasteiger partial charge on any atom is -0.206 e. The van der Waals surface area contributed by atoms with Crippen LogP contribution in [0.25, 0.3) is 0 Å². The van der Waals surface area contributed by atoms with Crippen LogP contribution in [-0.4, -0.2) is 11.2 Å². The number of hydrogen-bond donors (Lipinski definition) is 1. The smallest absolute Gasteiger partial charge is 0.206 e. The Morgan fingerprint density at radius 2 is 1.71 bits per heavy atom. The molecule has 0 radical (unpaired) electrons. The van der Waals surface area contributed by atoms with Gasteiger partial charge in [0.15, 0.2) is 0 Å². The maximum Gasteiger partial charge on any atom is 0.256 e. The van der Waals surface area contributed by atoms with E-state index in [1.165, 1.54) is 6.92 Å². The van der Waals surface area contributed by atoms with Crippen LogP contribution in [0.5, 0.6) is 0 Å². The molecular formula is C4H8F2S. The molecule has 0 aromatic heterocycles. The topological polar surface area (TPSA) is 0 Å². The first-order valence-corrected chi connectivity index (χ1v) is 2.52. The van der Waals surface area contributed by atoms with E-state index < -0.39 is 11.2 Å². The fraction of sp³-hybridized carbons (Fsp3) is 1.00. The Bertz CT molecular complexity index is 55.2. The maximum atomic E-state index is 11.8. The second-order valence-electron chi connectivity index (χ2n) is 1.63. The number of halogens is 2. The van der Waals surface area contributed by atoms with Crippen LogP contribution in [0.2, 0.25) is 0 Å². The molecule has 0 rings (SSSR count). The predicted octanol–water partition coefficient (Wildman–Crippen LogP) is 1.96. The first kappa shape index (κ1) is 7.21. The Kier molecular flexibility index (Phi) is 2.05. The molecule has 1 unspecified atom stereocenters. The van der Waals surface area contributed by atoms with Crippen molar-refractivity contribution in [2.45, 2.75) is 25.0 Å². The summed E-state index contributed by atoms with van der Waals surface area (Å²) < 4.78 is 23.5. The van der Waals surface area contributed by atoms with Crippen LogP contribution in [0.4, 0.5) is 8.78 Å². The van der Waals surface area contributed by atoms with Crippen LogP contribution in [0.3, 0.4) is 0 Å². The molecule has 0 saturated heterocycles. The SMILES string of the molecule is CC(S)C(C)(F)F. The summed E-state index contributed by atoms with van der Waals surface area (Å²) in [5, 5.41) is -0.840.